The van der Waals surface area contributed by atoms with E-state index in [9.17, 15) is 10.1 Å². The van der Waals surface area contributed by atoms with Crippen LogP contribution in [0.1, 0.15) is 43.9 Å². The van der Waals surface area contributed by atoms with Crippen LogP contribution in [0.5, 0.6) is 0 Å². The fourth-order valence-corrected chi connectivity index (χ4v) is 2.21. The van der Waals surface area contributed by atoms with Crippen molar-refractivity contribution in [2.75, 3.05) is 5.32 Å². The van der Waals surface area contributed by atoms with Gasteiger partial charge in [0, 0.05) is 23.9 Å². The Morgan fingerprint density at radius 2 is 1.67 bits per heavy atom. The molecule has 2 aromatic rings. The largest absolute Gasteiger partial charge is 0.379 e. The molecule has 4 heteroatoms. The van der Waals surface area contributed by atoms with Crippen molar-refractivity contribution in [2.24, 2.45) is 0 Å². The lowest BCUT2D eigenvalue weighted by atomic mass is 10.0. The van der Waals surface area contributed by atoms with Gasteiger partial charge in [-0.3, -0.25) is 10.1 Å². The fourth-order valence-electron chi connectivity index (χ4n) is 2.21. The zero-order valence-corrected chi connectivity index (χ0v) is 12.5. The third-order valence-electron chi connectivity index (χ3n) is 3.54. The molecule has 1 N–H and O–H groups in total. The van der Waals surface area contributed by atoms with Crippen molar-refractivity contribution in [1.82, 2.24) is 0 Å². The maximum atomic E-state index is 10.7. The minimum atomic E-state index is -0.381. The number of hydrogen-bond donors (Lipinski definition) is 1. The molecular weight excluding hydrogens is 264 g/mol. The van der Waals surface area contributed by atoms with Gasteiger partial charge >= 0.3 is 0 Å². The van der Waals surface area contributed by atoms with Crippen LogP contribution in [0.2, 0.25) is 0 Å². The SMILES string of the molecule is CC(C)c1cccc(NC(C)c2ccc([N+](=O)[O-])cc2)c1. The highest BCUT2D eigenvalue weighted by atomic mass is 16.6. The molecule has 0 aromatic heterocycles. The van der Waals surface area contributed by atoms with Crippen molar-refractivity contribution in [1.29, 1.82) is 0 Å². The summed E-state index contributed by atoms with van der Waals surface area (Å²) in [5, 5.41) is 14.1. The van der Waals surface area contributed by atoms with Gasteiger partial charge in [-0.15, -0.1) is 0 Å². The predicted molar refractivity (Wildman–Crippen MR) is 85.7 cm³/mol. The summed E-state index contributed by atoms with van der Waals surface area (Å²) < 4.78 is 0. The van der Waals surface area contributed by atoms with Gasteiger partial charge in [-0.2, -0.15) is 0 Å². The van der Waals surface area contributed by atoms with Gasteiger partial charge in [0.2, 0.25) is 0 Å². The van der Waals surface area contributed by atoms with Gasteiger partial charge < -0.3 is 5.32 Å². The molecule has 0 saturated heterocycles. The summed E-state index contributed by atoms with van der Waals surface area (Å²) in [5.41, 5.74) is 3.49. The Morgan fingerprint density at radius 1 is 1.00 bits per heavy atom. The molecule has 0 aliphatic carbocycles. The van der Waals surface area contributed by atoms with Crippen molar-refractivity contribution in [3.63, 3.8) is 0 Å². The third kappa shape index (κ3) is 3.81. The first-order chi connectivity index (χ1) is 9.97. The van der Waals surface area contributed by atoms with Crippen LogP contribution in [0.4, 0.5) is 11.4 Å². The number of hydrogen-bond acceptors (Lipinski definition) is 3. The number of nitrogens with one attached hydrogen (secondary N) is 1. The van der Waals surface area contributed by atoms with Crippen LogP contribution in [0.3, 0.4) is 0 Å². The number of rotatable bonds is 5. The normalized spacial score (nSPS) is 12.2. The minimum absolute atomic E-state index is 0.0909. The lowest BCUT2D eigenvalue weighted by Crippen LogP contribution is -2.07. The number of nitrogens with zero attached hydrogens (tertiary/aromatic N) is 1. The Morgan fingerprint density at radius 3 is 2.24 bits per heavy atom. The van der Waals surface area contributed by atoms with E-state index in [0.717, 1.165) is 11.3 Å². The summed E-state index contributed by atoms with van der Waals surface area (Å²) in [6, 6.07) is 15.1. The van der Waals surface area contributed by atoms with Crippen LogP contribution in [-0.4, -0.2) is 4.92 Å². The summed E-state index contributed by atoms with van der Waals surface area (Å²) in [7, 11) is 0. The van der Waals surface area contributed by atoms with E-state index in [1.54, 1.807) is 12.1 Å². The highest BCUT2D eigenvalue weighted by Gasteiger charge is 2.09. The van der Waals surface area contributed by atoms with Gasteiger partial charge in [-0.1, -0.05) is 38.1 Å². The molecule has 21 heavy (non-hydrogen) atoms. The second-order valence-corrected chi connectivity index (χ2v) is 5.49. The molecular formula is C17H20N2O2. The van der Waals surface area contributed by atoms with Crippen LogP contribution >= 0.6 is 0 Å². The van der Waals surface area contributed by atoms with E-state index in [2.05, 4.69) is 31.3 Å². The molecule has 1 unspecified atom stereocenters. The van der Waals surface area contributed by atoms with E-state index >= 15 is 0 Å². The summed E-state index contributed by atoms with van der Waals surface area (Å²) in [6.45, 7) is 6.38. The number of anilines is 1. The number of nitro benzene ring substituents is 1. The standard InChI is InChI=1S/C17H20N2O2/c1-12(2)15-5-4-6-16(11-15)18-13(3)14-7-9-17(10-8-14)19(20)21/h4-13,18H,1-3H3. The molecule has 1 atom stereocenters. The molecule has 0 aliphatic rings. The molecule has 2 aromatic carbocycles. The molecule has 4 nitrogen and oxygen atoms in total. The van der Waals surface area contributed by atoms with E-state index in [1.165, 1.54) is 17.7 Å². The molecule has 0 amide bonds. The minimum Gasteiger partial charge on any atom is -0.379 e. The van der Waals surface area contributed by atoms with E-state index in [1.807, 2.05) is 19.1 Å². The third-order valence-corrected chi connectivity index (χ3v) is 3.54. The Bertz CT molecular complexity index is 621. The second kappa shape index (κ2) is 6.39. The maximum absolute atomic E-state index is 10.7. The lowest BCUT2D eigenvalue weighted by Gasteiger charge is -2.17. The molecule has 0 aliphatic heterocycles. The highest BCUT2D eigenvalue weighted by molar-refractivity contribution is 5.48. The summed E-state index contributed by atoms with van der Waals surface area (Å²) >= 11 is 0. The monoisotopic (exact) mass is 284 g/mol. The van der Waals surface area contributed by atoms with Crippen LogP contribution in [-0.2, 0) is 0 Å². The molecule has 110 valence electrons. The van der Waals surface area contributed by atoms with E-state index < -0.39 is 0 Å². The van der Waals surface area contributed by atoms with Crippen molar-refractivity contribution < 1.29 is 4.92 Å². The first kappa shape index (κ1) is 15.0. The second-order valence-electron chi connectivity index (χ2n) is 5.49. The maximum Gasteiger partial charge on any atom is 0.269 e. The number of nitro groups is 1. The first-order valence-electron chi connectivity index (χ1n) is 7.08. The fraction of sp³-hybridized carbons (Fsp3) is 0.294. The van der Waals surface area contributed by atoms with Gasteiger partial charge in [0.25, 0.3) is 5.69 Å². The van der Waals surface area contributed by atoms with Crippen molar-refractivity contribution >= 4 is 11.4 Å². The Labute approximate surface area is 125 Å². The van der Waals surface area contributed by atoms with E-state index in [4.69, 9.17) is 0 Å². The van der Waals surface area contributed by atoms with Crippen LogP contribution in [0.25, 0.3) is 0 Å². The molecule has 0 radical (unpaired) electrons. The quantitative estimate of drug-likeness (QED) is 0.628. The molecule has 0 fully saturated rings. The van der Waals surface area contributed by atoms with E-state index in [-0.39, 0.29) is 16.7 Å². The molecule has 0 bridgehead atoms. The Hall–Kier alpha value is -2.36. The number of non-ortho nitro benzene ring substituents is 1. The first-order valence-corrected chi connectivity index (χ1v) is 7.08. The van der Waals surface area contributed by atoms with Gasteiger partial charge in [0.15, 0.2) is 0 Å². The summed E-state index contributed by atoms with van der Waals surface area (Å²) in [6.07, 6.45) is 0. The predicted octanol–water partition coefficient (Wildman–Crippen LogP) is 4.89. The van der Waals surface area contributed by atoms with Crippen LogP contribution < -0.4 is 5.32 Å². The highest BCUT2D eigenvalue weighted by Crippen LogP contribution is 2.24. The van der Waals surface area contributed by atoms with Gasteiger partial charge in [0.05, 0.1) is 4.92 Å². The average Bonchev–Trinajstić information content (AvgIpc) is 2.47. The van der Waals surface area contributed by atoms with E-state index in [0.29, 0.717) is 5.92 Å². The summed E-state index contributed by atoms with van der Waals surface area (Å²) in [5.74, 6) is 0.487. The number of benzene rings is 2. The van der Waals surface area contributed by atoms with Crippen molar-refractivity contribution in [3.05, 3.63) is 69.8 Å². The molecule has 0 spiro atoms. The van der Waals surface area contributed by atoms with Crippen LogP contribution in [0.15, 0.2) is 48.5 Å². The van der Waals surface area contributed by atoms with Crippen molar-refractivity contribution in [3.8, 4) is 0 Å². The Balaban J connectivity index is 2.12. The van der Waals surface area contributed by atoms with Gasteiger partial charge in [-0.05, 0) is 36.1 Å². The lowest BCUT2D eigenvalue weighted by molar-refractivity contribution is -0.384. The zero-order valence-electron chi connectivity index (χ0n) is 12.5. The molecule has 0 heterocycles. The summed E-state index contributed by atoms with van der Waals surface area (Å²) in [4.78, 5) is 10.3. The van der Waals surface area contributed by atoms with Gasteiger partial charge in [0.1, 0.15) is 0 Å². The smallest absolute Gasteiger partial charge is 0.269 e. The zero-order chi connectivity index (χ0) is 15.4. The molecule has 0 saturated carbocycles. The van der Waals surface area contributed by atoms with Gasteiger partial charge in [-0.25, -0.2) is 0 Å². The topological polar surface area (TPSA) is 55.2 Å². The van der Waals surface area contributed by atoms with Crippen LogP contribution in [0, 0.1) is 10.1 Å². The molecule has 2 rings (SSSR count). The average molecular weight is 284 g/mol. The van der Waals surface area contributed by atoms with Crippen molar-refractivity contribution in [2.45, 2.75) is 32.7 Å². The Kier molecular flexibility index (Phi) is 4.58.